The fourth-order valence-corrected chi connectivity index (χ4v) is 3.03. The normalized spacial score (nSPS) is 29.2. The summed E-state index contributed by atoms with van der Waals surface area (Å²) in [5.74, 6) is 0. The van der Waals surface area contributed by atoms with E-state index in [1.54, 1.807) is 0 Å². The Kier molecular flexibility index (Phi) is 4.08. The molecule has 0 N–H and O–H groups in total. The molecule has 1 saturated heterocycles. The predicted octanol–water partition coefficient (Wildman–Crippen LogP) is 3.40. The maximum absolute atomic E-state index is 6.18. The van der Waals surface area contributed by atoms with Crippen LogP contribution in [0.2, 0.25) is 0 Å². The Morgan fingerprint density at radius 1 is 0.952 bits per heavy atom. The highest BCUT2D eigenvalue weighted by Crippen LogP contribution is 2.40. The van der Waals surface area contributed by atoms with Crippen molar-refractivity contribution in [3.8, 4) is 0 Å². The fourth-order valence-electron chi connectivity index (χ4n) is 3.03. The average molecular weight is 292 g/mol. The first-order valence-electron chi connectivity index (χ1n) is 8.55. The highest BCUT2D eigenvalue weighted by atomic mass is 16.7. The Morgan fingerprint density at radius 2 is 1.52 bits per heavy atom. The van der Waals surface area contributed by atoms with Crippen molar-refractivity contribution in [1.82, 2.24) is 4.81 Å². The molecule has 0 amide bonds. The molecule has 2 saturated carbocycles. The van der Waals surface area contributed by atoms with E-state index >= 15 is 0 Å². The van der Waals surface area contributed by atoms with Gasteiger partial charge in [0.1, 0.15) is 0 Å². The van der Waals surface area contributed by atoms with Crippen LogP contribution in [0.4, 0.5) is 0 Å². The zero-order valence-corrected chi connectivity index (χ0v) is 14.0. The lowest BCUT2D eigenvalue weighted by atomic mass is 9.90. The summed E-state index contributed by atoms with van der Waals surface area (Å²) >= 11 is 0. The Hall–Kier alpha value is -0.545. The maximum Gasteiger partial charge on any atom is 0.595 e. The van der Waals surface area contributed by atoms with Gasteiger partial charge >= 0.3 is 7.25 Å². The lowest BCUT2D eigenvalue weighted by molar-refractivity contribution is 0.00578. The van der Waals surface area contributed by atoms with Crippen LogP contribution >= 0.6 is 0 Å². The van der Waals surface area contributed by atoms with E-state index in [2.05, 4.69) is 32.5 Å². The minimum Gasteiger partial charge on any atom is -0.384 e. The Labute approximate surface area is 129 Å². The van der Waals surface area contributed by atoms with E-state index in [-0.39, 0.29) is 18.5 Å². The van der Waals surface area contributed by atoms with E-state index in [1.165, 1.54) is 44.9 Å². The van der Waals surface area contributed by atoms with E-state index < -0.39 is 0 Å². The molecule has 0 radical (unpaired) electrons. The summed E-state index contributed by atoms with van der Waals surface area (Å²) in [5, 5.41) is 0. The quantitative estimate of drug-likeness (QED) is 0.452. The predicted molar refractivity (Wildman–Crippen MR) is 86.3 cm³/mol. The standard InChI is InChI=1S/C16H29BN2O2/c1-15(2)16(3,4)21-17(20-15)19(14-10-11-14)12-18-13-8-6-5-7-9-13/h12-14H,5-11H2,1-4H3. The summed E-state index contributed by atoms with van der Waals surface area (Å²) in [4.78, 5) is 7.04. The summed E-state index contributed by atoms with van der Waals surface area (Å²) in [6, 6.07) is 1.05. The van der Waals surface area contributed by atoms with Crippen molar-refractivity contribution in [1.29, 1.82) is 0 Å². The van der Waals surface area contributed by atoms with Crippen molar-refractivity contribution in [2.45, 2.75) is 95.9 Å². The zero-order chi connectivity index (χ0) is 15.1. The van der Waals surface area contributed by atoms with Crippen LogP contribution in [-0.2, 0) is 9.31 Å². The topological polar surface area (TPSA) is 34.1 Å². The van der Waals surface area contributed by atoms with Gasteiger partial charge in [-0.05, 0) is 53.4 Å². The molecule has 0 aromatic carbocycles. The first kappa shape index (κ1) is 15.4. The summed E-state index contributed by atoms with van der Waals surface area (Å²) in [6.45, 7) is 8.43. The van der Waals surface area contributed by atoms with Gasteiger partial charge in [-0.3, -0.25) is 4.99 Å². The van der Waals surface area contributed by atoms with Gasteiger partial charge < -0.3 is 14.1 Å². The van der Waals surface area contributed by atoms with E-state index in [0.29, 0.717) is 12.1 Å². The number of hydrogen-bond acceptors (Lipinski definition) is 3. The van der Waals surface area contributed by atoms with Gasteiger partial charge in [0.25, 0.3) is 0 Å². The molecule has 3 fully saturated rings. The molecule has 0 aromatic rings. The van der Waals surface area contributed by atoms with Crippen molar-refractivity contribution < 1.29 is 9.31 Å². The molecule has 118 valence electrons. The Bertz CT molecular complexity index is 385. The first-order chi connectivity index (χ1) is 9.89. The Balaban J connectivity index is 1.66. The largest absolute Gasteiger partial charge is 0.595 e. The number of hydrogen-bond donors (Lipinski definition) is 0. The SMILES string of the molecule is CC1(C)OB(N(C=NC2CCCCC2)C2CC2)OC1(C)C. The van der Waals surface area contributed by atoms with Gasteiger partial charge in [0.2, 0.25) is 0 Å². The fraction of sp³-hybridized carbons (Fsp3) is 0.938. The lowest BCUT2D eigenvalue weighted by Crippen LogP contribution is -2.43. The summed E-state index contributed by atoms with van der Waals surface area (Å²) in [7, 11) is -0.283. The molecule has 0 unspecified atom stereocenters. The minimum atomic E-state index is -0.283. The highest BCUT2D eigenvalue weighted by Gasteiger charge is 2.55. The molecule has 0 spiro atoms. The third kappa shape index (κ3) is 3.29. The van der Waals surface area contributed by atoms with Gasteiger partial charge in [-0.15, -0.1) is 0 Å². The summed E-state index contributed by atoms with van der Waals surface area (Å²) in [6.07, 6.45) is 11.0. The molecular weight excluding hydrogens is 263 g/mol. The van der Waals surface area contributed by atoms with E-state index in [9.17, 15) is 0 Å². The molecule has 0 bridgehead atoms. The molecule has 4 nitrogen and oxygen atoms in total. The van der Waals surface area contributed by atoms with Crippen molar-refractivity contribution >= 4 is 13.6 Å². The Morgan fingerprint density at radius 3 is 2.05 bits per heavy atom. The molecular formula is C16H29BN2O2. The smallest absolute Gasteiger partial charge is 0.384 e. The molecule has 0 aromatic heterocycles. The van der Waals surface area contributed by atoms with Crippen LogP contribution in [0.3, 0.4) is 0 Å². The van der Waals surface area contributed by atoms with Gasteiger partial charge in [0, 0.05) is 6.04 Å². The van der Waals surface area contributed by atoms with Crippen molar-refractivity contribution in [2.24, 2.45) is 4.99 Å². The van der Waals surface area contributed by atoms with Crippen LogP contribution in [0.25, 0.3) is 0 Å². The summed E-state index contributed by atoms with van der Waals surface area (Å²) < 4.78 is 12.4. The van der Waals surface area contributed by atoms with Gasteiger partial charge in [-0.1, -0.05) is 19.3 Å². The molecule has 1 aliphatic heterocycles. The van der Waals surface area contributed by atoms with E-state index in [1.807, 2.05) is 6.34 Å². The van der Waals surface area contributed by atoms with Gasteiger partial charge in [0.05, 0.1) is 23.6 Å². The van der Waals surface area contributed by atoms with Crippen LogP contribution in [0.5, 0.6) is 0 Å². The van der Waals surface area contributed by atoms with Crippen LogP contribution in [0, 0.1) is 0 Å². The molecule has 0 atom stereocenters. The number of nitrogens with zero attached hydrogens (tertiary/aromatic N) is 2. The molecule has 3 aliphatic rings. The second-order valence-corrected chi connectivity index (χ2v) is 7.80. The first-order valence-corrected chi connectivity index (χ1v) is 8.55. The van der Waals surface area contributed by atoms with Crippen LogP contribution in [-0.4, -0.2) is 41.7 Å². The molecule has 21 heavy (non-hydrogen) atoms. The molecule has 1 heterocycles. The molecule has 3 rings (SSSR count). The van der Waals surface area contributed by atoms with Crippen molar-refractivity contribution in [3.05, 3.63) is 0 Å². The monoisotopic (exact) mass is 292 g/mol. The van der Waals surface area contributed by atoms with Crippen molar-refractivity contribution in [2.75, 3.05) is 0 Å². The van der Waals surface area contributed by atoms with Gasteiger partial charge in [0.15, 0.2) is 0 Å². The maximum atomic E-state index is 6.18. The van der Waals surface area contributed by atoms with E-state index in [0.717, 1.165) is 0 Å². The van der Waals surface area contributed by atoms with Crippen LogP contribution in [0.15, 0.2) is 4.99 Å². The average Bonchev–Trinajstić information content (AvgIpc) is 3.20. The molecule has 5 heteroatoms. The second-order valence-electron chi connectivity index (χ2n) is 7.80. The van der Waals surface area contributed by atoms with E-state index in [4.69, 9.17) is 14.3 Å². The number of rotatable bonds is 4. The highest BCUT2D eigenvalue weighted by molar-refractivity contribution is 6.45. The minimum absolute atomic E-state index is 0.274. The van der Waals surface area contributed by atoms with Crippen LogP contribution in [0.1, 0.15) is 72.6 Å². The second kappa shape index (κ2) is 5.58. The van der Waals surface area contributed by atoms with Gasteiger partial charge in [-0.2, -0.15) is 0 Å². The van der Waals surface area contributed by atoms with Crippen LogP contribution < -0.4 is 0 Å². The summed E-state index contributed by atoms with van der Waals surface area (Å²) in [5.41, 5.74) is -0.549. The molecule has 2 aliphatic carbocycles. The third-order valence-corrected chi connectivity index (χ3v) is 5.44. The third-order valence-electron chi connectivity index (χ3n) is 5.44. The number of aliphatic imine (C=N–C) groups is 1. The van der Waals surface area contributed by atoms with Gasteiger partial charge in [-0.25, -0.2) is 0 Å². The van der Waals surface area contributed by atoms with Crippen molar-refractivity contribution in [3.63, 3.8) is 0 Å². The lowest BCUT2D eigenvalue weighted by Gasteiger charge is -2.32. The zero-order valence-electron chi connectivity index (χ0n) is 14.0.